The predicted molar refractivity (Wildman–Crippen MR) is 98.3 cm³/mol. The molecule has 1 atom stereocenters. The molecule has 0 aromatic heterocycles. The van der Waals surface area contributed by atoms with Gasteiger partial charge < -0.3 is 10.1 Å². The average Bonchev–Trinajstić information content (AvgIpc) is 2.92. The minimum atomic E-state index is -0.401. The minimum absolute atomic E-state index is 0.145. The summed E-state index contributed by atoms with van der Waals surface area (Å²) in [5, 5.41) is 2.76. The van der Waals surface area contributed by atoms with Crippen LogP contribution in [0.2, 0.25) is 0 Å². The van der Waals surface area contributed by atoms with Gasteiger partial charge in [-0.25, -0.2) is 4.39 Å². The monoisotopic (exact) mass is 355 g/mol. The molecule has 26 heavy (non-hydrogen) atoms. The van der Waals surface area contributed by atoms with Crippen molar-refractivity contribution in [3.05, 3.63) is 58.9 Å². The highest BCUT2D eigenvalue weighted by atomic mass is 19.1. The topological polar surface area (TPSA) is 55.4 Å². The number of carbonyl (C=O) groups is 2. The van der Waals surface area contributed by atoms with Crippen molar-refractivity contribution in [3.8, 4) is 5.75 Å². The molecule has 0 spiro atoms. The minimum Gasteiger partial charge on any atom is -0.483 e. The molecular weight excluding hydrogens is 333 g/mol. The van der Waals surface area contributed by atoms with Crippen LogP contribution in [-0.2, 0) is 11.2 Å². The number of anilines is 1. The number of hydrogen-bond donors (Lipinski definition) is 1. The van der Waals surface area contributed by atoms with E-state index in [1.54, 1.807) is 0 Å². The average molecular weight is 355 g/mol. The maximum Gasteiger partial charge on any atom is 0.262 e. The Kier molecular flexibility index (Phi) is 5.35. The number of ketones is 1. The molecule has 5 heteroatoms. The van der Waals surface area contributed by atoms with E-state index in [1.807, 2.05) is 31.2 Å². The summed E-state index contributed by atoms with van der Waals surface area (Å²) in [6.45, 7) is 3.69. The summed E-state index contributed by atoms with van der Waals surface area (Å²) in [4.78, 5) is 24.2. The third kappa shape index (κ3) is 3.77. The van der Waals surface area contributed by atoms with Crippen molar-refractivity contribution in [1.29, 1.82) is 0 Å². The number of ether oxygens (including phenoxy) is 1. The normalized spacial score (nSPS) is 15.7. The highest BCUT2D eigenvalue weighted by Gasteiger charge is 2.32. The van der Waals surface area contributed by atoms with E-state index in [2.05, 4.69) is 12.2 Å². The summed E-state index contributed by atoms with van der Waals surface area (Å²) in [6, 6.07) is 10.4. The van der Waals surface area contributed by atoms with Gasteiger partial charge in [0.2, 0.25) is 0 Å². The molecule has 1 unspecified atom stereocenters. The van der Waals surface area contributed by atoms with Crippen LogP contribution in [0.3, 0.4) is 0 Å². The van der Waals surface area contributed by atoms with Crippen molar-refractivity contribution >= 4 is 17.4 Å². The Morgan fingerprint density at radius 2 is 1.96 bits per heavy atom. The molecular formula is C21H22FNO3. The molecule has 1 amide bonds. The molecule has 4 nitrogen and oxygen atoms in total. The second-order valence-corrected chi connectivity index (χ2v) is 6.65. The first kappa shape index (κ1) is 18.1. The van der Waals surface area contributed by atoms with Gasteiger partial charge in [-0.3, -0.25) is 9.59 Å². The summed E-state index contributed by atoms with van der Waals surface area (Å²) in [6.07, 6.45) is 2.33. The first-order chi connectivity index (χ1) is 12.5. The number of Topliss-reactive ketones (excluding diaryl/α,β-unsaturated/α-hetero) is 1. The van der Waals surface area contributed by atoms with Crippen molar-refractivity contribution in [2.45, 2.75) is 39.0 Å². The molecule has 2 aromatic carbocycles. The van der Waals surface area contributed by atoms with Crippen molar-refractivity contribution in [2.24, 2.45) is 0 Å². The van der Waals surface area contributed by atoms with Crippen LogP contribution in [-0.4, -0.2) is 18.3 Å². The molecule has 1 N–H and O–H groups in total. The lowest BCUT2D eigenvalue weighted by Gasteiger charge is -2.12. The fourth-order valence-electron chi connectivity index (χ4n) is 3.33. The summed E-state index contributed by atoms with van der Waals surface area (Å²) in [5.41, 5.74) is 2.57. The van der Waals surface area contributed by atoms with E-state index in [0.29, 0.717) is 11.3 Å². The van der Waals surface area contributed by atoms with Gasteiger partial charge >= 0.3 is 0 Å². The number of carbonyl (C=O) groups excluding carboxylic acids is 2. The first-order valence-electron chi connectivity index (χ1n) is 8.86. The predicted octanol–water partition coefficient (Wildman–Crippen LogP) is 4.49. The van der Waals surface area contributed by atoms with Gasteiger partial charge in [-0.05, 0) is 42.2 Å². The Morgan fingerprint density at radius 3 is 2.65 bits per heavy atom. The second kappa shape index (κ2) is 7.68. The molecule has 0 saturated carbocycles. The molecule has 0 bridgehead atoms. The van der Waals surface area contributed by atoms with Crippen LogP contribution in [0, 0.1) is 5.82 Å². The molecule has 0 fully saturated rings. The quantitative estimate of drug-likeness (QED) is 0.831. The highest BCUT2D eigenvalue weighted by molar-refractivity contribution is 6.04. The highest BCUT2D eigenvalue weighted by Crippen LogP contribution is 2.39. The van der Waals surface area contributed by atoms with Gasteiger partial charge in [-0.2, -0.15) is 0 Å². The molecule has 0 heterocycles. The number of rotatable bonds is 6. The number of amides is 1. The number of hydrogen-bond acceptors (Lipinski definition) is 3. The number of fused-ring (bicyclic) bond motifs is 1. The largest absolute Gasteiger partial charge is 0.483 e. The van der Waals surface area contributed by atoms with Gasteiger partial charge in [0.15, 0.2) is 12.4 Å². The van der Waals surface area contributed by atoms with Crippen molar-refractivity contribution in [3.63, 3.8) is 0 Å². The van der Waals surface area contributed by atoms with E-state index in [1.165, 1.54) is 17.7 Å². The second-order valence-electron chi connectivity index (χ2n) is 6.65. The smallest absolute Gasteiger partial charge is 0.262 e. The maximum atomic E-state index is 14.0. The third-order valence-electron chi connectivity index (χ3n) is 4.55. The lowest BCUT2D eigenvalue weighted by atomic mass is 10.0. The number of aryl methyl sites for hydroxylation is 1. The first-order valence-corrected chi connectivity index (χ1v) is 8.86. The van der Waals surface area contributed by atoms with Crippen LogP contribution in [0.15, 0.2) is 36.4 Å². The third-order valence-corrected chi connectivity index (χ3v) is 4.55. The molecule has 3 rings (SSSR count). The van der Waals surface area contributed by atoms with E-state index >= 15 is 0 Å². The van der Waals surface area contributed by atoms with Gasteiger partial charge in [0, 0.05) is 17.7 Å². The lowest BCUT2D eigenvalue weighted by Crippen LogP contribution is -2.20. The van der Waals surface area contributed by atoms with Gasteiger partial charge in [0.05, 0.1) is 5.56 Å². The molecule has 0 saturated heterocycles. The number of benzene rings is 2. The number of halogens is 1. The van der Waals surface area contributed by atoms with Crippen LogP contribution in [0.1, 0.15) is 54.1 Å². The fraction of sp³-hybridized carbons (Fsp3) is 0.333. The van der Waals surface area contributed by atoms with Crippen LogP contribution in [0.4, 0.5) is 10.1 Å². The fourth-order valence-corrected chi connectivity index (χ4v) is 3.33. The van der Waals surface area contributed by atoms with E-state index in [4.69, 9.17) is 4.74 Å². The van der Waals surface area contributed by atoms with E-state index in [-0.39, 0.29) is 41.9 Å². The molecule has 1 aliphatic rings. The van der Waals surface area contributed by atoms with Crippen LogP contribution >= 0.6 is 0 Å². The molecule has 2 aromatic rings. The Hall–Kier alpha value is -2.69. The standard InChI is InChI=1S/C21H22FNO3/c1-3-4-14-5-7-15(8-6-14)23-19(25)12-26-18-10-9-16(22)20-13(2)11-17(24)21(18)20/h5-10,13H,3-4,11-12H2,1-2H3,(H,23,25). The van der Waals surface area contributed by atoms with Gasteiger partial charge in [0.1, 0.15) is 11.6 Å². The Balaban J connectivity index is 1.64. The van der Waals surface area contributed by atoms with Gasteiger partial charge in [0.25, 0.3) is 5.91 Å². The Labute approximate surface area is 152 Å². The zero-order chi connectivity index (χ0) is 18.7. The number of nitrogens with one attached hydrogen (secondary N) is 1. The molecule has 1 aliphatic carbocycles. The summed E-state index contributed by atoms with van der Waals surface area (Å²) < 4.78 is 19.5. The van der Waals surface area contributed by atoms with Gasteiger partial charge in [-0.1, -0.05) is 32.4 Å². The maximum absolute atomic E-state index is 14.0. The van der Waals surface area contributed by atoms with Crippen molar-refractivity contribution in [1.82, 2.24) is 0 Å². The van der Waals surface area contributed by atoms with E-state index in [9.17, 15) is 14.0 Å². The van der Waals surface area contributed by atoms with Crippen LogP contribution in [0.5, 0.6) is 5.75 Å². The van der Waals surface area contributed by atoms with Crippen LogP contribution in [0.25, 0.3) is 0 Å². The van der Waals surface area contributed by atoms with Gasteiger partial charge in [-0.15, -0.1) is 0 Å². The van der Waals surface area contributed by atoms with E-state index in [0.717, 1.165) is 12.8 Å². The van der Waals surface area contributed by atoms with Crippen molar-refractivity contribution in [2.75, 3.05) is 11.9 Å². The zero-order valence-electron chi connectivity index (χ0n) is 15.0. The summed E-state index contributed by atoms with van der Waals surface area (Å²) >= 11 is 0. The lowest BCUT2D eigenvalue weighted by molar-refractivity contribution is -0.118. The zero-order valence-corrected chi connectivity index (χ0v) is 15.0. The van der Waals surface area contributed by atoms with E-state index < -0.39 is 5.82 Å². The molecule has 136 valence electrons. The summed E-state index contributed by atoms with van der Waals surface area (Å²) in [5.74, 6) is -0.776. The van der Waals surface area contributed by atoms with Crippen LogP contribution < -0.4 is 10.1 Å². The van der Waals surface area contributed by atoms with Crippen molar-refractivity contribution < 1.29 is 18.7 Å². The Bertz CT molecular complexity index is 830. The Morgan fingerprint density at radius 1 is 1.23 bits per heavy atom. The molecule has 0 aliphatic heterocycles. The summed E-state index contributed by atoms with van der Waals surface area (Å²) in [7, 11) is 0. The SMILES string of the molecule is CCCc1ccc(NC(=O)COc2ccc(F)c3c2C(=O)CC3C)cc1. The molecule has 0 radical (unpaired) electrons.